The Bertz CT molecular complexity index is 1120. The number of carbonyl (C=O) groups is 1. The van der Waals surface area contributed by atoms with Crippen molar-refractivity contribution in [3.05, 3.63) is 59.5 Å². The Labute approximate surface area is 200 Å². The van der Waals surface area contributed by atoms with Crippen molar-refractivity contribution >= 4 is 23.4 Å². The minimum absolute atomic E-state index is 0.103. The molecule has 2 aliphatic heterocycles. The second-order valence-corrected chi connectivity index (χ2v) is 9.36. The Morgan fingerprint density at radius 2 is 1.85 bits per heavy atom. The fourth-order valence-electron chi connectivity index (χ4n) is 4.65. The van der Waals surface area contributed by atoms with Gasteiger partial charge in [0.05, 0.1) is 0 Å². The van der Waals surface area contributed by atoms with Crippen LogP contribution in [-0.4, -0.2) is 82.2 Å². The van der Waals surface area contributed by atoms with Crippen molar-refractivity contribution in [3.8, 4) is 0 Å². The van der Waals surface area contributed by atoms with Crippen molar-refractivity contribution in [3.63, 3.8) is 0 Å². The Kier molecular flexibility index (Phi) is 6.44. The van der Waals surface area contributed by atoms with Gasteiger partial charge >= 0.3 is 0 Å². The van der Waals surface area contributed by atoms with Crippen molar-refractivity contribution in [2.75, 3.05) is 56.5 Å². The number of likely N-dealkylation sites (tertiary alicyclic amines) is 1. The third kappa shape index (κ3) is 5.20. The number of hydrogen-bond donors (Lipinski definition) is 2. The second kappa shape index (κ2) is 9.80. The van der Waals surface area contributed by atoms with Crippen molar-refractivity contribution in [2.24, 2.45) is 5.92 Å². The predicted octanol–water partition coefficient (Wildman–Crippen LogP) is 2.71. The molecular weight excluding hydrogens is 428 g/mol. The quantitative estimate of drug-likeness (QED) is 0.584. The minimum Gasteiger partial charge on any atom is -0.354 e. The Balaban J connectivity index is 1.32. The van der Waals surface area contributed by atoms with Gasteiger partial charge in [-0.25, -0.2) is 9.97 Å². The fourth-order valence-corrected chi connectivity index (χ4v) is 4.65. The molecule has 9 nitrogen and oxygen atoms in total. The maximum atomic E-state index is 12.9. The molecule has 0 bridgehead atoms. The number of carbonyl (C=O) groups excluding carboxylic acids is 1. The molecule has 4 heterocycles. The van der Waals surface area contributed by atoms with Crippen molar-refractivity contribution in [1.82, 2.24) is 30.0 Å². The number of aromatic amines is 1. The van der Waals surface area contributed by atoms with Crippen LogP contribution >= 0.6 is 0 Å². The zero-order valence-electron chi connectivity index (χ0n) is 19.9. The first-order chi connectivity index (χ1) is 16.5. The molecule has 2 aromatic heterocycles. The number of likely N-dealkylation sites (N-methyl/N-ethyl adjacent to an activating group) is 1. The molecule has 2 saturated heterocycles. The Morgan fingerprint density at radius 1 is 1.06 bits per heavy atom. The summed E-state index contributed by atoms with van der Waals surface area (Å²) < 4.78 is 0. The standard InChI is InChI=1S/C25H32N8O/c1-18-14-23(30-29-18)27-22-16-24(32-12-10-31(2)11-13-32)28-21(26-22)15-19-8-9-33(17-19)25(34)20-6-4-3-5-7-20/h3-7,14,16,19H,8-13,15,17H2,1-2H3,(H2,26,27,28,29,30)/t19-/m0/s1. The van der Waals surface area contributed by atoms with Gasteiger partial charge in [0, 0.05) is 69.1 Å². The summed E-state index contributed by atoms with van der Waals surface area (Å²) in [7, 11) is 2.15. The summed E-state index contributed by atoms with van der Waals surface area (Å²) in [5.74, 6) is 3.70. The van der Waals surface area contributed by atoms with Crippen molar-refractivity contribution < 1.29 is 4.79 Å². The first-order valence-corrected chi connectivity index (χ1v) is 12.0. The smallest absolute Gasteiger partial charge is 0.253 e. The molecule has 3 aromatic rings. The zero-order valence-corrected chi connectivity index (χ0v) is 19.9. The lowest BCUT2D eigenvalue weighted by atomic mass is 10.0. The van der Waals surface area contributed by atoms with E-state index in [1.54, 1.807) is 0 Å². The van der Waals surface area contributed by atoms with E-state index >= 15 is 0 Å². The molecule has 1 amide bonds. The molecule has 0 unspecified atom stereocenters. The van der Waals surface area contributed by atoms with E-state index in [9.17, 15) is 4.79 Å². The number of amides is 1. The lowest BCUT2D eigenvalue weighted by Gasteiger charge is -2.33. The molecule has 2 fully saturated rings. The monoisotopic (exact) mass is 460 g/mol. The summed E-state index contributed by atoms with van der Waals surface area (Å²) in [4.78, 5) is 29.2. The average Bonchev–Trinajstić information content (AvgIpc) is 3.48. The molecule has 0 saturated carbocycles. The highest BCUT2D eigenvalue weighted by Crippen LogP contribution is 2.25. The summed E-state index contributed by atoms with van der Waals surface area (Å²) in [6.07, 6.45) is 1.70. The SMILES string of the molecule is Cc1cc(Nc2cc(N3CCN(C)CC3)nc(C[C@@H]3CCN(C(=O)c4ccccc4)C3)n2)n[nH]1. The maximum absolute atomic E-state index is 12.9. The molecule has 34 heavy (non-hydrogen) atoms. The molecule has 0 aliphatic carbocycles. The van der Waals surface area contributed by atoms with Gasteiger partial charge in [-0.2, -0.15) is 5.10 Å². The van der Waals surface area contributed by atoms with Crippen LogP contribution in [0.25, 0.3) is 0 Å². The number of hydrogen-bond acceptors (Lipinski definition) is 7. The van der Waals surface area contributed by atoms with Gasteiger partial charge in [-0.05, 0) is 38.4 Å². The number of H-pyrrole nitrogens is 1. The molecule has 5 rings (SSSR count). The van der Waals surface area contributed by atoms with Gasteiger partial charge in [-0.3, -0.25) is 9.89 Å². The Morgan fingerprint density at radius 3 is 2.59 bits per heavy atom. The summed E-state index contributed by atoms with van der Waals surface area (Å²) in [5, 5.41) is 10.6. The number of aromatic nitrogens is 4. The number of nitrogens with one attached hydrogen (secondary N) is 2. The van der Waals surface area contributed by atoms with Crippen LogP contribution in [0.1, 0.15) is 28.3 Å². The number of piperazine rings is 1. The molecule has 2 aliphatic rings. The van der Waals surface area contributed by atoms with Gasteiger partial charge < -0.3 is 20.0 Å². The zero-order chi connectivity index (χ0) is 23.5. The van der Waals surface area contributed by atoms with Gasteiger partial charge in [0.1, 0.15) is 17.5 Å². The minimum atomic E-state index is 0.103. The van der Waals surface area contributed by atoms with Crippen LogP contribution in [0.15, 0.2) is 42.5 Å². The van der Waals surface area contributed by atoms with Crippen molar-refractivity contribution in [1.29, 1.82) is 0 Å². The lowest BCUT2D eigenvalue weighted by molar-refractivity contribution is 0.0787. The summed E-state index contributed by atoms with van der Waals surface area (Å²) in [6, 6.07) is 13.5. The normalized spacial score (nSPS) is 18.9. The van der Waals surface area contributed by atoms with Crippen LogP contribution < -0.4 is 10.2 Å². The molecule has 2 N–H and O–H groups in total. The highest BCUT2D eigenvalue weighted by molar-refractivity contribution is 5.94. The fraction of sp³-hybridized carbons (Fsp3) is 0.440. The van der Waals surface area contributed by atoms with Crippen molar-refractivity contribution in [2.45, 2.75) is 19.8 Å². The highest BCUT2D eigenvalue weighted by atomic mass is 16.2. The molecule has 178 valence electrons. The van der Waals surface area contributed by atoms with Crippen LogP contribution in [0.3, 0.4) is 0 Å². The van der Waals surface area contributed by atoms with Crippen LogP contribution in [0.2, 0.25) is 0 Å². The van der Waals surface area contributed by atoms with Crippen LogP contribution in [0, 0.1) is 12.8 Å². The topological polar surface area (TPSA) is 93.3 Å². The summed E-state index contributed by atoms with van der Waals surface area (Å²) in [5.41, 5.74) is 1.74. The van der Waals surface area contributed by atoms with Gasteiger partial charge in [-0.1, -0.05) is 18.2 Å². The third-order valence-corrected chi connectivity index (χ3v) is 6.61. The number of benzene rings is 1. The van der Waals surface area contributed by atoms with E-state index < -0.39 is 0 Å². The Hall–Kier alpha value is -3.46. The van der Waals surface area contributed by atoms with E-state index in [-0.39, 0.29) is 5.91 Å². The van der Waals surface area contributed by atoms with Crippen LogP contribution in [0.5, 0.6) is 0 Å². The average molecular weight is 461 g/mol. The molecule has 9 heteroatoms. The first kappa shape index (κ1) is 22.3. The van der Waals surface area contributed by atoms with E-state index in [0.717, 1.165) is 86.6 Å². The van der Waals surface area contributed by atoms with E-state index in [2.05, 4.69) is 32.4 Å². The summed E-state index contributed by atoms with van der Waals surface area (Å²) >= 11 is 0. The van der Waals surface area contributed by atoms with Crippen LogP contribution in [0.4, 0.5) is 17.5 Å². The van der Waals surface area contributed by atoms with Gasteiger partial charge in [0.15, 0.2) is 5.82 Å². The summed E-state index contributed by atoms with van der Waals surface area (Å²) in [6.45, 7) is 7.39. The highest BCUT2D eigenvalue weighted by Gasteiger charge is 2.28. The molecule has 0 spiro atoms. The number of anilines is 3. The van der Waals surface area contributed by atoms with Gasteiger partial charge in [-0.15, -0.1) is 0 Å². The number of nitrogens with zero attached hydrogens (tertiary/aromatic N) is 6. The van der Waals surface area contributed by atoms with E-state index in [4.69, 9.17) is 9.97 Å². The maximum Gasteiger partial charge on any atom is 0.253 e. The van der Waals surface area contributed by atoms with Gasteiger partial charge in [0.25, 0.3) is 5.91 Å². The van der Waals surface area contributed by atoms with Crippen LogP contribution in [-0.2, 0) is 6.42 Å². The second-order valence-electron chi connectivity index (χ2n) is 9.36. The number of rotatable bonds is 6. The lowest BCUT2D eigenvalue weighted by Crippen LogP contribution is -2.45. The molecule has 1 aromatic carbocycles. The third-order valence-electron chi connectivity index (χ3n) is 6.61. The first-order valence-electron chi connectivity index (χ1n) is 12.0. The molecular formula is C25H32N8O. The van der Waals surface area contributed by atoms with Gasteiger partial charge in [0.2, 0.25) is 0 Å². The molecule has 0 radical (unpaired) electrons. The number of aryl methyl sites for hydroxylation is 1. The van der Waals surface area contributed by atoms with E-state index in [1.807, 2.05) is 54.3 Å². The predicted molar refractivity (Wildman–Crippen MR) is 133 cm³/mol. The van der Waals surface area contributed by atoms with E-state index in [0.29, 0.717) is 5.92 Å². The van der Waals surface area contributed by atoms with E-state index in [1.165, 1.54) is 0 Å². The largest absolute Gasteiger partial charge is 0.354 e. The molecule has 1 atom stereocenters.